The second-order valence-electron chi connectivity index (χ2n) is 4.93. The lowest BCUT2D eigenvalue weighted by molar-refractivity contribution is -0.120. The predicted octanol–water partition coefficient (Wildman–Crippen LogP) is 3.17. The Morgan fingerprint density at radius 2 is 2.06 bits per heavy atom. The molecule has 1 aliphatic rings. The number of ether oxygens (including phenoxy) is 1. The van der Waals surface area contributed by atoms with Gasteiger partial charge in [0.2, 0.25) is 0 Å². The fraction of sp³-hybridized carbons (Fsp3) is 0.438. The molecule has 0 aromatic heterocycles. The standard InChI is InChI=1S/C16H20O2/c1-3-14-11-15(17)9-10-16(14,18-2)12-13-7-5-4-6-8-13/h4-10,14H,3,11-12H2,1-2H3/t14-,16+/m0/s1. The quantitative estimate of drug-likeness (QED) is 0.813. The minimum atomic E-state index is -0.329. The minimum absolute atomic E-state index is 0.211. The van der Waals surface area contributed by atoms with Crippen molar-refractivity contribution in [2.75, 3.05) is 7.11 Å². The number of rotatable bonds is 4. The number of methoxy groups -OCH3 is 1. The molecule has 0 fully saturated rings. The minimum Gasteiger partial charge on any atom is -0.373 e. The molecule has 0 saturated carbocycles. The monoisotopic (exact) mass is 244 g/mol. The molecule has 1 aromatic carbocycles. The summed E-state index contributed by atoms with van der Waals surface area (Å²) in [7, 11) is 1.74. The molecule has 18 heavy (non-hydrogen) atoms. The van der Waals surface area contributed by atoms with Crippen LogP contribution in [0.4, 0.5) is 0 Å². The topological polar surface area (TPSA) is 26.3 Å². The molecule has 0 N–H and O–H groups in total. The molecule has 0 radical (unpaired) electrons. The van der Waals surface area contributed by atoms with E-state index in [9.17, 15) is 4.79 Å². The first-order chi connectivity index (χ1) is 8.70. The summed E-state index contributed by atoms with van der Waals surface area (Å²) in [4.78, 5) is 11.5. The average Bonchev–Trinajstić information content (AvgIpc) is 2.42. The van der Waals surface area contributed by atoms with Crippen LogP contribution in [0.3, 0.4) is 0 Å². The Kier molecular flexibility index (Phi) is 3.97. The van der Waals surface area contributed by atoms with Gasteiger partial charge in [-0.05, 0) is 30.1 Å². The third kappa shape index (κ3) is 2.54. The summed E-state index contributed by atoms with van der Waals surface area (Å²) in [6.45, 7) is 2.12. The van der Waals surface area contributed by atoms with Gasteiger partial charge in [0.1, 0.15) is 0 Å². The second-order valence-corrected chi connectivity index (χ2v) is 4.93. The SMILES string of the molecule is CC[C@H]1CC(=O)C=C[C@]1(Cc1ccccc1)OC. The largest absolute Gasteiger partial charge is 0.373 e. The van der Waals surface area contributed by atoms with Gasteiger partial charge in [0.15, 0.2) is 5.78 Å². The van der Waals surface area contributed by atoms with E-state index in [1.807, 2.05) is 24.3 Å². The highest BCUT2D eigenvalue weighted by Crippen LogP contribution is 2.35. The molecule has 2 nitrogen and oxygen atoms in total. The second kappa shape index (κ2) is 5.49. The molecule has 2 heteroatoms. The van der Waals surface area contributed by atoms with E-state index >= 15 is 0 Å². The van der Waals surface area contributed by atoms with Crippen LogP contribution in [0.15, 0.2) is 42.5 Å². The van der Waals surface area contributed by atoms with Gasteiger partial charge in [0.05, 0.1) is 5.60 Å². The first-order valence-electron chi connectivity index (χ1n) is 6.51. The fourth-order valence-corrected chi connectivity index (χ4v) is 2.77. The number of ketones is 1. The van der Waals surface area contributed by atoms with E-state index in [-0.39, 0.29) is 17.3 Å². The molecule has 2 rings (SSSR count). The van der Waals surface area contributed by atoms with Gasteiger partial charge in [-0.1, -0.05) is 37.3 Å². The Morgan fingerprint density at radius 1 is 1.33 bits per heavy atom. The van der Waals surface area contributed by atoms with Crippen molar-refractivity contribution in [2.24, 2.45) is 5.92 Å². The molecule has 0 amide bonds. The smallest absolute Gasteiger partial charge is 0.155 e. The van der Waals surface area contributed by atoms with Crippen LogP contribution < -0.4 is 0 Å². The van der Waals surface area contributed by atoms with Crippen molar-refractivity contribution >= 4 is 5.78 Å². The Labute approximate surface area is 109 Å². The van der Waals surface area contributed by atoms with E-state index in [1.165, 1.54) is 5.56 Å². The predicted molar refractivity (Wildman–Crippen MR) is 72.4 cm³/mol. The first kappa shape index (κ1) is 13.0. The van der Waals surface area contributed by atoms with Crippen LogP contribution in [0.1, 0.15) is 25.3 Å². The Bertz CT molecular complexity index is 436. The fourth-order valence-electron chi connectivity index (χ4n) is 2.77. The molecule has 1 aromatic rings. The van der Waals surface area contributed by atoms with Crippen molar-refractivity contribution in [1.82, 2.24) is 0 Å². The van der Waals surface area contributed by atoms with E-state index in [2.05, 4.69) is 19.1 Å². The van der Waals surface area contributed by atoms with Crippen LogP contribution in [0.2, 0.25) is 0 Å². The maximum absolute atomic E-state index is 11.5. The maximum atomic E-state index is 11.5. The molecule has 0 heterocycles. The molecule has 96 valence electrons. The van der Waals surface area contributed by atoms with E-state index in [4.69, 9.17) is 4.74 Å². The highest BCUT2D eigenvalue weighted by molar-refractivity contribution is 5.91. The third-order valence-electron chi connectivity index (χ3n) is 3.89. The molecule has 2 atom stereocenters. The van der Waals surface area contributed by atoms with E-state index in [0.717, 1.165) is 12.8 Å². The maximum Gasteiger partial charge on any atom is 0.155 e. The number of allylic oxidation sites excluding steroid dienone is 1. The molecular formula is C16H20O2. The number of hydrogen-bond donors (Lipinski definition) is 0. The number of hydrogen-bond acceptors (Lipinski definition) is 2. The van der Waals surface area contributed by atoms with Crippen LogP contribution in [0.5, 0.6) is 0 Å². The normalized spacial score (nSPS) is 27.4. The average molecular weight is 244 g/mol. The van der Waals surface area contributed by atoms with E-state index in [1.54, 1.807) is 13.2 Å². The van der Waals surface area contributed by atoms with Crippen LogP contribution in [0, 0.1) is 5.92 Å². The van der Waals surface area contributed by atoms with Crippen molar-refractivity contribution in [3.8, 4) is 0 Å². The highest BCUT2D eigenvalue weighted by atomic mass is 16.5. The number of carbonyl (C=O) groups excluding carboxylic acids is 1. The van der Waals surface area contributed by atoms with E-state index in [0.29, 0.717) is 6.42 Å². The molecular weight excluding hydrogens is 224 g/mol. The molecule has 0 bridgehead atoms. The zero-order chi connectivity index (χ0) is 13.0. The summed E-state index contributed by atoms with van der Waals surface area (Å²) in [5.74, 6) is 0.475. The molecule has 0 aliphatic heterocycles. The summed E-state index contributed by atoms with van der Waals surface area (Å²) in [6.07, 6.45) is 6.01. The Morgan fingerprint density at radius 3 is 2.67 bits per heavy atom. The summed E-state index contributed by atoms with van der Waals surface area (Å²) < 4.78 is 5.80. The summed E-state index contributed by atoms with van der Waals surface area (Å²) in [5.41, 5.74) is 0.918. The van der Waals surface area contributed by atoms with Gasteiger partial charge < -0.3 is 4.74 Å². The lowest BCUT2D eigenvalue weighted by atomic mass is 9.74. The van der Waals surface area contributed by atoms with Crippen molar-refractivity contribution in [3.05, 3.63) is 48.0 Å². The molecule has 0 saturated heterocycles. The van der Waals surface area contributed by atoms with Gasteiger partial charge in [-0.2, -0.15) is 0 Å². The lowest BCUT2D eigenvalue weighted by Gasteiger charge is -2.39. The zero-order valence-electron chi connectivity index (χ0n) is 11.1. The van der Waals surface area contributed by atoms with Gasteiger partial charge >= 0.3 is 0 Å². The Balaban J connectivity index is 2.29. The van der Waals surface area contributed by atoms with Crippen LogP contribution >= 0.6 is 0 Å². The zero-order valence-corrected chi connectivity index (χ0v) is 11.1. The van der Waals surface area contributed by atoms with Gasteiger partial charge in [0, 0.05) is 20.0 Å². The van der Waals surface area contributed by atoms with Crippen LogP contribution in [0.25, 0.3) is 0 Å². The van der Waals surface area contributed by atoms with Crippen molar-refractivity contribution < 1.29 is 9.53 Å². The molecule has 0 spiro atoms. The first-order valence-corrected chi connectivity index (χ1v) is 6.51. The van der Waals surface area contributed by atoms with Crippen molar-refractivity contribution in [2.45, 2.75) is 31.8 Å². The molecule has 1 aliphatic carbocycles. The van der Waals surface area contributed by atoms with Crippen LogP contribution in [-0.2, 0) is 16.0 Å². The number of benzene rings is 1. The highest BCUT2D eigenvalue weighted by Gasteiger charge is 2.39. The lowest BCUT2D eigenvalue weighted by Crippen LogP contribution is -2.43. The summed E-state index contributed by atoms with van der Waals surface area (Å²) in [6, 6.07) is 10.3. The van der Waals surface area contributed by atoms with Gasteiger partial charge in [-0.3, -0.25) is 4.79 Å². The van der Waals surface area contributed by atoms with E-state index < -0.39 is 0 Å². The third-order valence-corrected chi connectivity index (χ3v) is 3.89. The summed E-state index contributed by atoms with van der Waals surface area (Å²) in [5, 5.41) is 0. The van der Waals surface area contributed by atoms with Gasteiger partial charge in [-0.25, -0.2) is 0 Å². The van der Waals surface area contributed by atoms with Crippen molar-refractivity contribution in [3.63, 3.8) is 0 Å². The Hall–Kier alpha value is -1.41. The molecule has 0 unspecified atom stereocenters. The number of carbonyl (C=O) groups is 1. The van der Waals surface area contributed by atoms with Crippen LogP contribution in [-0.4, -0.2) is 18.5 Å². The van der Waals surface area contributed by atoms with Gasteiger partial charge in [0.25, 0.3) is 0 Å². The van der Waals surface area contributed by atoms with Gasteiger partial charge in [-0.15, -0.1) is 0 Å². The van der Waals surface area contributed by atoms with Crippen molar-refractivity contribution in [1.29, 1.82) is 0 Å². The summed E-state index contributed by atoms with van der Waals surface area (Å²) >= 11 is 0.